The van der Waals surface area contributed by atoms with Gasteiger partial charge in [0, 0.05) is 18.8 Å². The Morgan fingerprint density at radius 2 is 2.04 bits per heavy atom. The van der Waals surface area contributed by atoms with E-state index in [1.807, 2.05) is 18.2 Å². The van der Waals surface area contributed by atoms with Crippen molar-refractivity contribution in [2.75, 3.05) is 23.3 Å². The van der Waals surface area contributed by atoms with Crippen molar-refractivity contribution in [3.8, 4) is 0 Å². The number of benzene rings is 1. The molecule has 6 heteroatoms. The molecule has 2 N–H and O–H groups in total. The molecule has 0 bridgehead atoms. The highest BCUT2D eigenvalue weighted by molar-refractivity contribution is 6.33. The monoisotopic (exact) mass is 333 g/mol. The minimum Gasteiger partial charge on any atom is -0.467 e. The van der Waals surface area contributed by atoms with Crippen molar-refractivity contribution in [3.63, 3.8) is 0 Å². The Morgan fingerprint density at radius 1 is 1.22 bits per heavy atom. The number of hydrogen-bond donors (Lipinski definition) is 2. The van der Waals surface area contributed by atoms with Crippen LogP contribution in [0.15, 0.2) is 41.0 Å². The first-order chi connectivity index (χ1) is 11.2. The highest BCUT2D eigenvalue weighted by Crippen LogP contribution is 2.30. The lowest BCUT2D eigenvalue weighted by atomic mass is 10.1. The van der Waals surface area contributed by atoms with Gasteiger partial charge in [-0.05, 0) is 49.6 Å². The van der Waals surface area contributed by atoms with Crippen LogP contribution >= 0.6 is 11.6 Å². The Bertz CT molecular complexity index is 652. The van der Waals surface area contributed by atoms with Crippen LogP contribution < -0.4 is 15.5 Å². The molecule has 5 nitrogen and oxygen atoms in total. The maximum absolute atomic E-state index is 11.9. The summed E-state index contributed by atoms with van der Waals surface area (Å²) in [6, 6.07) is 8.94. The molecule has 0 saturated carbocycles. The minimum absolute atomic E-state index is 0.289. The van der Waals surface area contributed by atoms with E-state index in [9.17, 15) is 4.79 Å². The summed E-state index contributed by atoms with van der Waals surface area (Å²) in [6.07, 6.45) is 5.26. The van der Waals surface area contributed by atoms with Gasteiger partial charge in [0.1, 0.15) is 5.76 Å². The molecule has 0 aliphatic carbocycles. The van der Waals surface area contributed by atoms with Crippen molar-refractivity contribution in [2.24, 2.45) is 0 Å². The maximum atomic E-state index is 11.9. The van der Waals surface area contributed by atoms with E-state index in [2.05, 4.69) is 15.5 Å². The largest absolute Gasteiger partial charge is 0.467 e. The topological polar surface area (TPSA) is 57.5 Å². The van der Waals surface area contributed by atoms with E-state index in [0.717, 1.165) is 18.8 Å². The van der Waals surface area contributed by atoms with Crippen LogP contribution in [-0.2, 0) is 6.54 Å². The van der Waals surface area contributed by atoms with Gasteiger partial charge in [-0.15, -0.1) is 0 Å². The van der Waals surface area contributed by atoms with E-state index in [1.165, 1.54) is 19.3 Å². The number of hydrogen-bond acceptors (Lipinski definition) is 3. The van der Waals surface area contributed by atoms with Crippen molar-refractivity contribution < 1.29 is 9.21 Å². The van der Waals surface area contributed by atoms with E-state index in [-0.39, 0.29) is 6.03 Å². The summed E-state index contributed by atoms with van der Waals surface area (Å²) in [5.74, 6) is 0.707. The molecule has 122 valence electrons. The standard InChI is InChI=1S/C17H20ClN3O2/c18-15-11-13(6-7-16(15)21-8-2-1-3-9-21)20-17(22)19-12-14-5-4-10-23-14/h4-7,10-11H,1-3,8-9,12H2,(H2,19,20,22). The van der Waals surface area contributed by atoms with Crippen molar-refractivity contribution in [1.29, 1.82) is 0 Å². The molecular weight excluding hydrogens is 314 g/mol. The molecule has 1 aromatic heterocycles. The Balaban J connectivity index is 1.57. The number of carbonyl (C=O) groups is 1. The quantitative estimate of drug-likeness (QED) is 0.879. The van der Waals surface area contributed by atoms with Crippen LogP contribution in [0.25, 0.3) is 0 Å². The number of rotatable bonds is 4. The number of urea groups is 1. The van der Waals surface area contributed by atoms with Crippen LogP contribution in [0, 0.1) is 0 Å². The second-order valence-corrected chi connectivity index (χ2v) is 6.01. The van der Waals surface area contributed by atoms with Gasteiger partial charge in [-0.2, -0.15) is 0 Å². The first kappa shape index (κ1) is 15.7. The average Bonchev–Trinajstić information content (AvgIpc) is 3.07. The van der Waals surface area contributed by atoms with Crippen molar-refractivity contribution in [2.45, 2.75) is 25.8 Å². The van der Waals surface area contributed by atoms with Gasteiger partial charge in [0.15, 0.2) is 0 Å². The van der Waals surface area contributed by atoms with E-state index in [4.69, 9.17) is 16.0 Å². The molecule has 0 atom stereocenters. The Hall–Kier alpha value is -2.14. The first-order valence-electron chi connectivity index (χ1n) is 7.84. The smallest absolute Gasteiger partial charge is 0.319 e. The van der Waals surface area contributed by atoms with Gasteiger partial charge >= 0.3 is 6.03 Å². The van der Waals surface area contributed by atoms with Crippen molar-refractivity contribution >= 4 is 29.0 Å². The number of nitrogens with one attached hydrogen (secondary N) is 2. The predicted molar refractivity (Wildman–Crippen MR) is 92.1 cm³/mol. The van der Waals surface area contributed by atoms with Crippen LogP contribution in [-0.4, -0.2) is 19.1 Å². The molecule has 1 aliphatic heterocycles. The van der Waals surface area contributed by atoms with Crippen LogP contribution in [0.2, 0.25) is 5.02 Å². The zero-order valence-electron chi connectivity index (χ0n) is 12.8. The molecule has 23 heavy (non-hydrogen) atoms. The number of halogens is 1. The molecule has 0 unspecified atom stereocenters. The highest BCUT2D eigenvalue weighted by atomic mass is 35.5. The van der Waals surface area contributed by atoms with Crippen LogP contribution in [0.1, 0.15) is 25.0 Å². The molecule has 1 aliphatic rings. The molecule has 2 aromatic rings. The summed E-state index contributed by atoms with van der Waals surface area (Å²) in [4.78, 5) is 14.2. The number of carbonyl (C=O) groups excluding carboxylic acids is 1. The summed E-state index contributed by atoms with van der Waals surface area (Å²) < 4.78 is 5.17. The molecular formula is C17H20ClN3O2. The molecule has 0 radical (unpaired) electrons. The lowest BCUT2D eigenvalue weighted by Crippen LogP contribution is -2.30. The van der Waals surface area contributed by atoms with Crippen LogP contribution in [0.3, 0.4) is 0 Å². The van der Waals surface area contributed by atoms with Gasteiger partial charge in [-0.3, -0.25) is 0 Å². The SMILES string of the molecule is O=C(NCc1ccco1)Nc1ccc(N2CCCCC2)c(Cl)c1. The zero-order valence-corrected chi connectivity index (χ0v) is 13.6. The predicted octanol–water partition coefficient (Wildman–Crippen LogP) is 4.25. The number of anilines is 2. The Kier molecular flexibility index (Phi) is 5.08. The van der Waals surface area contributed by atoms with Crippen molar-refractivity contribution in [3.05, 3.63) is 47.4 Å². The third-order valence-electron chi connectivity index (χ3n) is 3.91. The lowest BCUT2D eigenvalue weighted by molar-refractivity contribution is 0.251. The van der Waals surface area contributed by atoms with E-state index in [0.29, 0.717) is 23.0 Å². The molecule has 1 fully saturated rings. The molecule has 1 aromatic carbocycles. The minimum atomic E-state index is -0.289. The van der Waals surface area contributed by atoms with Crippen molar-refractivity contribution in [1.82, 2.24) is 5.32 Å². The second kappa shape index (κ2) is 7.42. The third kappa shape index (κ3) is 4.20. The lowest BCUT2D eigenvalue weighted by Gasteiger charge is -2.29. The summed E-state index contributed by atoms with van der Waals surface area (Å²) in [6.45, 7) is 2.42. The number of nitrogens with zero attached hydrogens (tertiary/aromatic N) is 1. The first-order valence-corrected chi connectivity index (χ1v) is 8.22. The average molecular weight is 334 g/mol. The van der Waals surface area contributed by atoms with E-state index in [1.54, 1.807) is 18.4 Å². The van der Waals surface area contributed by atoms with Gasteiger partial charge < -0.3 is 20.0 Å². The summed E-state index contributed by atoms with van der Waals surface area (Å²) >= 11 is 6.38. The Labute approximate surface area is 140 Å². The van der Waals surface area contributed by atoms with E-state index >= 15 is 0 Å². The summed E-state index contributed by atoms with van der Waals surface area (Å²) in [5.41, 5.74) is 1.71. The van der Waals surface area contributed by atoms with Gasteiger partial charge in [0.05, 0.1) is 23.5 Å². The van der Waals surface area contributed by atoms with Crippen LogP contribution in [0.5, 0.6) is 0 Å². The molecule has 0 spiro atoms. The fourth-order valence-electron chi connectivity index (χ4n) is 2.73. The van der Waals surface area contributed by atoms with Crippen LogP contribution in [0.4, 0.5) is 16.2 Å². The van der Waals surface area contributed by atoms with Gasteiger partial charge in [0.25, 0.3) is 0 Å². The van der Waals surface area contributed by atoms with E-state index < -0.39 is 0 Å². The molecule has 2 heterocycles. The maximum Gasteiger partial charge on any atom is 0.319 e. The van der Waals surface area contributed by atoms with Gasteiger partial charge in [0.2, 0.25) is 0 Å². The highest BCUT2D eigenvalue weighted by Gasteiger charge is 2.14. The zero-order chi connectivity index (χ0) is 16.1. The Morgan fingerprint density at radius 3 is 2.74 bits per heavy atom. The summed E-state index contributed by atoms with van der Waals surface area (Å²) in [7, 11) is 0. The summed E-state index contributed by atoms with van der Waals surface area (Å²) in [5, 5.41) is 6.18. The fourth-order valence-corrected chi connectivity index (χ4v) is 3.03. The normalized spacial score (nSPS) is 14.6. The number of furan rings is 1. The molecule has 3 rings (SSSR count). The molecule has 2 amide bonds. The number of piperidine rings is 1. The van der Waals surface area contributed by atoms with Gasteiger partial charge in [-0.25, -0.2) is 4.79 Å². The number of amides is 2. The molecule has 1 saturated heterocycles. The van der Waals surface area contributed by atoms with Gasteiger partial charge in [-0.1, -0.05) is 11.6 Å². The fraction of sp³-hybridized carbons (Fsp3) is 0.353. The second-order valence-electron chi connectivity index (χ2n) is 5.60. The third-order valence-corrected chi connectivity index (χ3v) is 4.21.